The van der Waals surface area contributed by atoms with E-state index in [-0.39, 0.29) is 5.84 Å². The Morgan fingerprint density at radius 3 is 2.85 bits per heavy atom. The van der Waals surface area contributed by atoms with Crippen molar-refractivity contribution in [2.75, 3.05) is 20.6 Å². The van der Waals surface area contributed by atoms with Crippen LogP contribution in [0.15, 0.2) is 29.4 Å². The average molecular weight is 275 g/mol. The van der Waals surface area contributed by atoms with Crippen LogP contribution >= 0.6 is 0 Å². The second-order valence-electron chi connectivity index (χ2n) is 5.09. The van der Waals surface area contributed by atoms with Gasteiger partial charge in [0.15, 0.2) is 0 Å². The number of fused-ring (bicyclic) bond motifs is 1. The number of aryl methyl sites for hydroxylation is 1. The van der Waals surface area contributed by atoms with Gasteiger partial charge in [-0.05, 0) is 39.2 Å². The molecule has 1 aromatic carbocycles. The lowest BCUT2D eigenvalue weighted by Gasteiger charge is -2.12. The normalized spacial score (nSPS) is 12.4. The van der Waals surface area contributed by atoms with Crippen LogP contribution in [0.3, 0.4) is 0 Å². The van der Waals surface area contributed by atoms with Gasteiger partial charge in [-0.25, -0.2) is 4.98 Å². The van der Waals surface area contributed by atoms with E-state index in [1.54, 1.807) is 0 Å². The number of amidine groups is 1. The summed E-state index contributed by atoms with van der Waals surface area (Å²) in [7, 11) is 4.12. The number of nitrogens with two attached hydrogens (primary N) is 1. The second-order valence-corrected chi connectivity index (χ2v) is 5.09. The first-order chi connectivity index (χ1) is 9.61. The summed E-state index contributed by atoms with van der Waals surface area (Å²) in [6.07, 6.45) is 1.38. The van der Waals surface area contributed by atoms with Crippen molar-refractivity contribution < 1.29 is 5.21 Å². The monoisotopic (exact) mass is 275 g/mol. The van der Waals surface area contributed by atoms with Crippen LogP contribution in [-0.4, -0.2) is 46.1 Å². The van der Waals surface area contributed by atoms with E-state index in [1.807, 2.05) is 24.3 Å². The number of oxime groups is 1. The van der Waals surface area contributed by atoms with Gasteiger partial charge in [0, 0.05) is 6.54 Å². The van der Waals surface area contributed by atoms with Gasteiger partial charge in [-0.15, -0.1) is 0 Å². The third kappa shape index (κ3) is 3.27. The molecule has 0 radical (unpaired) electrons. The third-order valence-corrected chi connectivity index (χ3v) is 3.19. The fourth-order valence-corrected chi connectivity index (χ4v) is 2.25. The first-order valence-electron chi connectivity index (χ1n) is 6.67. The molecule has 0 amide bonds. The van der Waals surface area contributed by atoms with E-state index in [2.05, 4.69) is 33.7 Å². The number of hydrogen-bond acceptors (Lipinski definition) is 4. The third-order valence-electron chi connectivity index (χ3n) is 3.19. The average Bonchev–Trinajstić information content (AvgIpc) is 2.76. The van der Waals surface area contributed by atoms with Gasteiger partial charge in [0.1, 0.15) is 11.7 Å². The van der Waals surface area contributed by atoms with Crippen molar-refractivity contribution in [3.05, 3.63) is 30.1 Å². The van der Waals surface area contributed by atoms with Gasteiger partial charge < -0.3 is 20.4 Å². The van der Waals surface area contributed by atoms with Gasteiger partial charge in [0.25, 0.3) is 0 Å². The Morgan fingerprint density at radius 1 is 1.40 bits per heavy atom. The number of rotatable bonds is 6. The molecule has 0 aliphatic heterocycles. The van der Waals surface area contributed by atoms with Crippen molar-refractivity contribution >= 4 is 16.9 Å². The molecule has 0 saturated carbocycles. The Morgan fingerprint density at radius 2 is 2.15 bits per heavy atom. The summed E-state index contributed by atoms with van der Waals surface area (Å²) in [4.78, 5) is 6.73. The molecular formula is C14H21N5O. The maximum Gasteiger partial charge on any atom is 0.146 e. The lowest BCUT2D eigenvalue weighted by molar-refractivity contribution is 0.317. The number of benzene rings is 1. The van der Waals surface area contributed by atoms with Crippen LogP contribution in [0.25, 0.3) is 11.0 Å². The Hall–Kier alpha value is -2.08. The minimum Gasteiger partial charge on any atom is -0.409 e. The molecule has 0 unspecified atom stereocenters. The van der Waals surface area contributed by atoms with E-state index < -0.39 is 0 Å². The molecule has 6 nitrogen and oxygen atoms in total. The highest BCUT2D eigenvalue weighted by atomic mass is 16.4. The van der Waals surface area contributed by atoms with Crippen molar-refractivity contribution in [1.29, 1.82) is 0 Å². The Labute approximate surface area is 118 Å². The molecule has 6 heteroatoms. The van der Waals surface area contributed by atoms with E-state index in [4.69, 9.17) is 10.9 Å². The van der Waals surface area contributed by atoms with Gasteiger partial charge in [0.2, 0.25) is 0 Å². The molecule has 1 heterocycles. The first kappa shape index (κ1) is 14.3. The maximum absolute atomic E-state index is 8.73. The smallest absolute Gasteiger partial charge is 0.146 e. The van der Waals surface area contributed by atoms with Crippen molar-refractivity contribution in [3.63, 3.8) is 0 Å². The van der Waals surface area contributed by atoms with Crippen molar-refractivity contribution in [1.82, 2.24) is 14.5 Å². The Kier molecular flexibility index (Phi) is 4.57. The van der Waals surface area contributed by atoms with E-state index in [0.717, 1.165) is 36.4 Å². The molecule has 0 bridgehead atoms. The molecule has 2 rings (SSSR count). The lowest BCUT2D eigenvalue weighted by Crippen LogP contribution is -2.19. The minimum absolute atomic E-state index is 0.175. The minimum atomic E-state index is 0.175. The van der Waals surface area contributed by atoms with Gasteiger partial charge in [-0.3, -0.25) is 0 Å². The molecule has 0 aliphatic rings. The van der Waals surface area contributed by atoms with Crippen molar-refractivity contribution in [2.45, 2.75) is 19.4 Å². The van der Waals surface area contributed by atoms with E-state index in [9.17, 15) is 0 Å². The summed E-state index contributed by atoms with van der Waals surface area (Å²) >= 11 is 0. The summed E-state index contributed by atoms with van der Waals surface area (Å²) in [5, 5.41) is 11.8. The van der Waals surface area contributed by atoms with Crippen LogP contribution < -0.4 is 5.73 Å². The van der Waals surface area contributed by atoms with Gasteiger partial charge in [-0.1, -0.05) is 17.3 Å². The molecule has 0 fully saturated rings. The highest BCUT2D eigenvalue weighted by Gasteiger charge is 2.11. The molecule has 3 N–H and O–H groups in total. The van der Waals surface area contributed by atoms with Gasteiger partial charge in [0.05, 0.1) is 17.5 Å². The topological polar surface area (TPSA) is 79.7 Å². The molecule has 0 atom stereocenters. The number of hydrogen-bond donors (Lipinski definition) is 2. The molecule has 108 valence electrons. The van der Waals surface area contributed by atoms with E-state index in [1.165, 1.54) is 0 Å². The molecular weight excluding hydrogens is 254 g/mol. The standard InChI is InChI=1S/C14H21N5O/c1-18(2)8-5-9-19-12-7-4-3-6-11(12)16-14(19)10-13(15)17-20/h3-4,6-7,20H,5,8-10H2,1-2H3,(H2,15,17). The van der Waals surface area contributed by atoms with Crippen LogP contribution in [0, 0.1) is 0 Å². The Bertz CT molecular complexity index is 603. The maximum atomic E-state index is 8.73. The molecule has 0 aliphatic carbocycles. The number of aromatic nitrogens is 2. The fraction of sp³-hybridized carbons (Fsp3) is 0.429. The summed E-state index contributed by atoms with van der Waals surface area (Å²) in [6, 6.07) is 7.99. The van der Waals surface area contributed by atoms with Crippen LogP contribution in [0.2, 0.25) is 0 Å². The Balaban J connectivity index is 2.29. The van der Waals surface area contributed by atoms with E-state index >= 15 is 0 Å². The van der Waals surface area contributed by atoms with Crippen LogP contribution in [0.1, 0.15) is 12.2 Å². The lowest BCUT2D eigenvalue weighted by atomic mass is 10.3. The second kappa shape index (κ2) is 6.38. The summed E-state index contributed by atoms with van der Waals surface area (Å²) in [5.41, 5.74) is 7.64. The van der Waals surface area contributed by atoms with Crippen LogP contribution in [0.5, 0.6) is 0 Å². The highest BCUT2D eigenvalue weighted by Crippen LogP contribution is 2.17. The van der Waals surface area contributed by atoms with E-state index in [0.29, 0.717) is 6.42 Å². The fourth-order valence-electron chi connectivity index (χ4n) is 2.25. The van der Waals surface area contributed by atoms with Gasteiger partial charge in [-0.2, -0.15) is 0 Å². The molecule has 0 saturated heterocycles. The molecule has 2 aromatic rings. The zero-order chi connectivity index (χ0) is 14.5. The molecule has 20 heavy (non-hydrogen) atoms. The van der Waals surface area contributed by atoms with Gasteiger partial charge >= 0.3 is 0 Å². The molecule has 0 spiro atoms. The zero-order valence-electron chi connectivity index (χ0n) is 12.0. The highest BCUT2D eigenvalue weighted by molar-refractivity contribution is 5.83. The molecule has 1 aromatic heterocycles. The quantitative estimate of drug-likeness (QED) is 0.360. The van der Waals surface area contributed by atoms with Crippen LogP contribution in [-0.2, 0) is 13.0 Å². The van der Waals surface area contributed by atoms with Crippen molar-refractivity contribution in [2.24, 2.45) is 10.9 Å². The number of para-hydroxylation sites is 2. The summed E-state index contributed by atoms with van der Waals surface area (Å²) in [5.74, 6) is 1.01. The predicted octanol–water partition coefficient (Wildman–Crippen LogP) is 1.28. The largest absolute Gasteiger partial charge is 0.409 e. The number of nitrogens with zero attached hydrogens (tertiary/aromatic N) is 4. The first-order valence-corrected chi connectivity index (χ1v) is 6.67. The number of imidazole rings is 1. The van der Waals surface area contributed by atoms with Crippen LogP contribution in [0.4, 0.5) is 0 Å². The zero-order valence-corrected chi connectivity index (χ0v) is 12.0. The van der Waals surface area contributed by atoms with Crippen molar-refractivity contribution in [3.8, 4) is 0 Å². The summed E-state index contributed by atoms with van der Waals surface area (Å²) in [6.45, 7) is 1.88. The predicted molar refractivity (Wildman–Crippen MR) is 80.0 cm³/mol. The SMILES string of the molecule is CN(C)CCCn1c(C/C(N)=N/O)nc2ccccc21. The summed E-state index contributed by atoms with van der Waals surface area (Å²) < 4.78 is 2.15.